The molecule has 0 unspecified atom stereocenters. The molecule has 1 N–H and O–H groups in total. The van der Waals surface area contributed by atoms with Crippen molar-refractivity contribution in [1.29, 1.82) is 0 Å². The molecule has 1 saturated heterocycles. The van der Waals surface area contributed by atoms with E-state index >= 15 is 0 Å². The Bertz CT molecular complexity index is 1190. The molecule has 0 radical (unpaired) electrons. The third-order valence-corrected chi connectivity index (χ3v) is 5.68. The molecule has 0 spiro atoms. The van der Waals surface area contributed by atoms with Crippen molar-refractivity contribution in [2.75, 3.05) is 0 Å². The molecule has 32 heavy (non-hydrogen) atoms. The molecule has 0 aromatic heterocycles. The Labute approximate surface area is 197 Å². The van der Waals surface area contributed by atoms with Crippen LogP contribution in [0.5, 0.6) is 5.75 Å². The Balaban J connectivity index is 1.51. The van der Waals surface area contributed by atoms with Gasteiger partial charge < -0.3 is 10.1 Å². The van der Waals surface area contributed by atoms with Crippen LogP contribution in [0.3, 0.4) is 0 Å². The van der Waals surface area contributed by atoms with E-state index in [9.17, 15) is 14.0 Å². The van der Waals surface area contributed by atoms with E-state index in [1.807, 2.05) is 30.3 Å². The highest BCUT2D eigenvalue weighted by atomic mass is 79.9. The number of amides is 3. The number of imide groups is 1. The minimum Gasteiger partial charge on any atom is -0.486 e. The fraction of sp³-hybridized carbons (Fsp3) is 0.0833. The van der Waals surface area contributed by atoms with Crippen molar-refractivity contribution in [2.24, 2.45) is 0 Å². The molecular weight excluding hydrogens is 499 g/mol. The summed E-state index contributed by atoms with van der Waals surface area (Å²) < 4.78 is 20.0. The van der Waals surface area contributed by atoms with Gasteiger partial charge in [-0.3, -0.25) is 9.69 Å². The largest absolute Gasteiger partial charge is 0.486 e. The number of rotatable bonds is 6. The number of nitrogens with zero attached hydrogens (tertiary/aromatic N) is 1. The number of carbonyl (C=O) groups is 2. The molecule has 3 amide bonds. The van der Waals surface area contributed by atoms with E-state index < -0.39 is 11.9 Å². The summed E-state index contributed by atoms with van der Waals surface area (Å²) in [4.78, 5) is 26.2. The van der Waals surface area contributed by atoms with Gasteiger partial charge in [-0.05, 0) is 51.3 Å². The Morgan fingerprint density at radius 1 is 1.06 bits per heavy atom. The van der Waals surface area contributed by atoms with Gasteiger partial charge in [0.15, 0.2) is 5.75 Å². The lowest BCUT2D eigenvalue weighted by Gasteiger charge is -2.12. The number of hydrogen-bond donors (Lipinski definition) is 1. The fourth-order valence-corrected chi connectivity index (χ4v) is 4.20. The molecule has 3 aromatic carbocycles. The van der Waals surface area contributed by atoms with Crippen LogP contribution in [0.4, 0.5) is 9.18 Å². The number of halogens is 3. The highest BCUT2D eigenvalue weighted by molar-refractivity contribution is 9.10. The highest BCUT2D eigenvalue weighted by Crippen LogP contribution is 2.36. The van der Waals surface area contributed by atoms with Crippen molar-refractivity contribution in [1.82, 2.24) is 10.2 Å². The van der Waals surface area contributed by atoms with Crippen LogP contribution in [0, 0.1) is 5.82 Å². The monoisotopic (exact) mass is 514 g/mol. The summed E-state index contributed by atoms with van der Waals surface area (Å²) in [5.41, 5.74) is 1.98. The second kappa shape index (κ2) is 9.54. The number of urea groups is 1. The Morgan fingerprint density at radius 3 is 2.50 bits per heavy atom. The molecule has 1 fully saturated rings. The maximum Gasteiger partial charge on any atom is 0.329 e. The molecule has 0 atom stereocenters. The zero-order valence-corrected chi connectivity index (χ0v) is 19.0. The lowest BCUT2D eigenvalue weighted by atomic mass is 10.1. The van der Waals surface area contributed by atoms with Crippen molar-refractivity contribution in [3.8, 4) is 5.75 Å². The van der Waals surface area contributed by atoms with Crippen LogP contribution in [-0.2, 0) is 17.9 Å². The van der Waals surface area contributed by atoms with Crippen molar-refractivity contribution >= 4 is 45.5 Å². The SMILES string of the molecule is O=C1N/C(=C/c2cc(Cl)c(OCc3ccccc3F)c(Br)c2)C(=O)N1Cc1ccccc1. The predicted molar refractivity (Wildman–Crippen MR) is 123 cm³/mol. The van der Waals surface area contributed by atoms with Crippen LogP contribution in [0.1, 0.15) is 16.7 Å². The van der Waals surface area contributed by atoms with E-state index in [0.29, 0.717) is 21.3 Å². The average Bonchev–Trinajstić information content (AvgIpc) is 3.02. The van der Waals surface area contributed by atoms with Crippen LogP contribution in [0.15, 0.2) is 76.9 Å². The van der Waals surface area contributed by atoms with Gasteiger partial charge >= 0.3 is 6.03 Å². The number of nitrogens with one attached hydrogen (secondary N) is 1. The average molecular weight is 516 g/mol. The lowest BCUT2D eigenvalue weighted by molar-refractivity contribution is -0.123. The molecule has 0 saturated carbocycles. The molecule has 1 heterocycles. The van der Waals surface area contributed by atoms with Gasteiger partial charge in [-0.2, -0.15) is 0 Å². The second-order valence-electron chi connectivity index (χ2n) is 7.06. The summed E-state index contributed by atoms with van der Waals surface area (Å²) in [6.45, 7) is 0.185. The summed E-state index contributed by atoms with van der Waals surface area (Å²) in [7, 11) is 0. The van der Waals surface area contributed by atoms with Crippen molar-refractivity contribution in [3.05, 3.63) is 104 Å². The molecule has 5 nitrogen and oxygen atoms in total. The molecule has 0 bridgehead atoms. The van der Waals surface area contributed by atoms with E-state index in [2.05, 4.69) is 21.2 Å². The first-order valence-corrected chi connectivity index (χ1v) is 10.8. The predicted octanol–water partition coefficient (Wildman–Crippen LogP) is 5.91. The topological polar surface area (TPSA) is 58.6 Å². The van der Waals surface area contributed by atoms with Gasteiger partial charge in [0.2, 0.25) is 0 Å². The minimum atomic E-state index is -0.486. The maximum atomic E-state index is 13.8. The third kappa shape index (κ3) is 4.84. The first kappa shape index (κ1) is 22.0. The van der Waals surface area contributed by atoms with Crippen molar-refractivity contribution < 1.29 is 18.7 Å². The van der Waals surface area contributed by atoms with Gasteiger partial charge in [-0.1, -0.05) is 60.1 Å². The zero-order chi connectivity index (χ0) is 22.7. The van der Waals surface area contributed by atoms with E-state index in [1.165, 1.54) is 6.07 Å². The van der Waals surface area contributed by atoms with E-state index in [4.69, 9.17) is 16.3 Å². The Kier molecular flexibility index (Phi) is 6.58. The summed E-state index contributed by atoms with van der Waals surface area (Å²) >= 11 is 9.77. The number of ether oxygens (including phenoxy) is 1. The van der Waals surface area contributed by atoms with Crippen LogP contribution in [-0.4, -0.2) is 16.8 Å². The van der Waals surface area contributed by atoms with Crippen LogP contribution in [0.2, 0.25) is 5.02 Å². The zero-order valence-electron chi connectivity index (χ0n) is 16.6. The highest BCUT2D eigenvalue weighted by Gasteiger charge is 2.33. The Morgan fingerprint density at radius 2 is 1.78 bits per heavy atom. The van der Waals surface area contributed by atoms with Crippen molar-refractivity contribution in [2.45, 2.75) is 13.2 Å². The van der Waals surface area contributed by atoms with Crippen LogP contribution < -0.4 is 10.1 Å². The minimum absolute atomic E-state index is 0.00835. The third-order valence-electron chi connectivity index (χ3n) is 4.81. The second-order valence-corrected chi connectivity index (χ2v) is 8.32. The maximum absolute atomic E-state index is 13.8. The van der Waals surface area contributed by atoms with Crippen molar-refractivity contribution in [3.63, 3.8) is 0 Å². The molecule has 1 aliphatic heterocycles. The van der Waals surface area contributed by atoms with Gasteiger partial charge in [-0.25, -0.2) is 9.18 Å². The molecule has 1 aliphatic rings. The fourth-order valence-electron chi connectivity index (χ4n) is 3.21. The molecule has 3 aromatic rings. The first-order valence-electron chi connectivity index (χ1n) is 9.66. The molecule has 8 heteroatoms. The normalized spacial score (nSPS) is 14.7. The van der Waals surface area contributed by atoms with E-state index in [1.54, 1.807) is 36.4 Å². The summed E-state index contributed by atoms with van der Waals surface area (Å²) in [6, 6.07) is 18.4. The molecule has 162 valence electrons. The number of benzene rings is 3. The smallest absolute Gasteiger partial charge is 0.329 e. The van der Waals surface area contributed by atoms with Gasteiger partial charge in [0.05, 0.1) is 16.0 Å². The summed E-state index contributed by atoms with van der Waals surface area (Å²) in [6.07, 6.45) is 1.54. The molecule has 4 rings (SSSR count). The molecule has 0 aliphatic carbocycles. The number of hydrogen-bond acceptors (Lipinski definition) is 3. The van der Waals surface area contributed by atoms with Crippen LogP contribution in [0.25, 0.3) is 6.08 Å². The van der Waals surface area contributed by atoms with Gasteiger partial charge in [-0.15, -0.1) is 0 Å². The lowest BCUT2D eigenvalue weighted by Crippen LogP contribution is -2.30. The Hall–Kier alpha value is -3.16. The van der Waals surface area contributed by atoms with Crippen LogP contribution >= 0.6 is 27.5 Å². The number of carbonyl (C=O) groups excluding carboxylic acids is 2. The summed E-state index contributed by atoms with van der Waals surface area (Å²) in [5.74, 6) is -0.438. The van der Waals surface area contributed by atoms with Gasteiger partial charge in [0.25, 0.3) is 5.91 Å². The molecular formula is C24H17BrClFN2O3. The standard InChI is InChI=1S/C24H17BrClFN2O3/c25-18-10-16(11-19(26)22(18)32-14-17-8-4-5-9-20(17)27)12-21-23(30)29(24(31)28-21)13-15-6-2-1-3-7-15/h1-12H,13-14H2,(H,28,31)/b21-12+. The first-order chi connectivity index (χ1) is 15.4. The van der Waals surface area contributed by atoms with E-state index in [0.717, 1.165) is 10.5 Å². The van der Waals surface area contributed by atoms with Gasteiger partial charge in [0, 0.05) is 5.56 Å². The van der Waals surface area contributed by atoms with E-state index in [-0.39, 0.29) is 29.7 Å². The quantitative estimate of drug-likeness (QED) is 0.328. The summed E-state index contributed by atoms with van der Waals surface area (Å²) in [5, 5.41) is 2.87. The van der Waals surface area contributed by atoms with Gasteiger partial charge in [0.1, 0.15) is 18.1 Å².